The van der Waals surface area contributed by atoms with Crippen molar-refractivity contribution in [2.45, 2.75) is 6.04 Å². The molecule has 6 heteroatoms. The minimum atomic E-state index is -0.665. The Morgan fingerprint density at radius 1 is 1.57 bits per heavy atom. The largest absolute Gasteiger partial charge is 0.502 e. The van der Waals surface area contributed by atoms with Crippen LogP contribution in [-0.4, -0.2) is 16.6 Å². The van der Waals surface area contributed by atoms with Crippen molar-refractivity contribution in [2.24, 2.45) is 11.5 Å². The Hall–Kier alpha value is -1.66. The van der Waals surface area contributed by atoms with Crippen molar-refractivity contribution in [2.75, 3.05) is 6.54 Å². The van der Waals surface area contributed by atoms with Gasteiger partial charge in [0.2, 0.25) is 0 Å². The molecule has 0 saturated carbocycles. The Kier molecular flexibility index (Phi) is 3.00. The number of phenols is 1. The van der Waals surface area contributed by atoms with Gasteiger partial charge in [0.15, 0.2) is 5.75 Å². The van der Waals surface area contributed by atoms with Crippen molar-refractivity contribution >= 4 is 5.69 Å². The first-order valence-corrected chi connectivity index (χ1v) is 3.99. The van der Waals surface area contributed by atoms with Gasteiger partial charge in [-0.1, -0.05) is 12.1 Å². The zero-order valence-electron chi connectivity index (χ0n) is 7.38. The van der Waals surface area contributed by atoms with Crippen LogP contribution in [0.5, 0.6) is 5.75 Å². The van der Waals surface area contributed by atoms with Crippen molar-refractivity contribution in [3.8, 4) is 5.75 Å². The second-order valence-electron chi connectivity index (χ2n) is 2.81. The average molecular weight is 197 g/mol. The van der Waals surface area contributed by atoms with Gasteiger partial charge in [-0.15, -0.1) is 0 Å². The fraction of sp³-hybridized carbons (Fsp3) is 0.250. The predicted molar refractivity (Wildman–Crippen MR) is 50.7 cm³/mol. The zero-order chi connectivity index (χ0) is 10.7. The highest BCUT2D eigenvalue weighted by Crippen LogP contribution is 2.31. The van der Waals surface area contributed by atoms with E-state index in [0.717, 1.165) is 0 Å². The molecule has 0 amide bonds. The van der Waals surface area contributed by atoms with Crippen LogP contribution in [0.3, 0.4) is 0 Å². The van der Waals surface area contributed by atoms with Gasteiger partial charge in [0.25, 0.3) is 0 Å². The average Bonchev–Trinajstić information content (AvgIpc) is 2.16. The molecule has 0 aromatic heterocycles. The number of phenolic OH excluding ortho intramolecular Hbond substituents is 1. The maximum atomic E-state index is 10.5. The number of nitro groups is 1. The summed E-state index contributed by atoms with van der Waals surface area (Å²) in [5, 5.41) is 19.9. The second kappa shape index (κ2) is 4.03. The monoisotopic (exact) mass is 197 g/mol. The third-order valence-electron chi connectivity index (χ3n) is 1.90. The number of hydrogen-bond acceptors (Lipinski definition) is 5. The highest BCUT2D eigenvalue weighted by molar-refractivity contribution is 5.51. The fourth-order valence-electron chi connectivity index (χ4n) is 1.12. The SMILES string of the molecule is NC[C@@H](N)c1cccc([N+](=O)[O-])c1O. The van der Waals surface area contributed by atoms with Gasteiger partial charge in [0.05, 0.1) is 4.92 Å². The highest BCUT2D eigenvalue weighted by Gasteiger charge is 2.19. The molecular formula is C8H11N3O3. The van der Waals surface area contributed by atoms with Crippen molar-refractivity contribution in [1.29, 1.82) is 0 Å². The summed E-state index contributed by atoms with van der Waals surface area (Å²) < 4.78 is 0. The molecule has 0 heterocycles. The Morgan fingerprint density at radius 2 is 2.21 bits per heavy atom. The Balaban J connectivity index is 3.20. The lowest BCUT2D eigenvalue weighted by atomic mass is 10.1. The van der Waals surface area contributed by atoms with Gasteiger partial charge < -0.3 is 16.6 Å². The van der Waals surface area contributed by atoms with E-state index in [2.05, 4.69) is 0 Å². The number of benzene rings is 1. The number of hydrogen-bond donors (Lipinski definition) is 3. The summed E-state index contributed by atoms with van der Waals surface area (Å²) in [6.07, 6.45) is 0. The van der Waals surface area contributed by atoms with Gasteiger partial charge in [0.1, 0.15) is 0 Å². The van der Waals surface area contributed by atoms with Crippen LogP contribution in [0.2, 0.25) is 0 Å². The first kappa shape index (κ1) is 10.4. The molecule has 0 spiro atoms. The standard InChI is InChI=1S/C8H11N3O3/c9-4-6(10)5-2-1-3-7(8(5)12)11(13)14/h1-3,6,12H,4,9-10H2/t6-/m1/s1. The molecule has 0 aliphatic rings. The van der Waals surface area contributed by atoms with Crippen molar-refractivity contribution < 1.29 is 10.0 Å². The molecule has 1 rings (SSSR count). The highest BCUT2D eigenvalue weighted by atomic mass is 16.6. The smallest absolute Gasteiger partial charge is 0.311 e. The molecule has 0 bridgehead atoms. The zero-order valence-corrected chi connectivity index (χ0v) is 7.38. The maximum Gasteiger partial charge on any atom is 0.311 e. The summed E-state index contributed by atoms with van der Waals surface area (Å²) in [6, 6.07) is 3.60. The normalized spacial score (nSPS) is 12.4. The second-order valence-corrected chi connectivity index (χ2v) is 2.81. The van der Waals surface area contributed by atoms with E-state index in [0.29, 0.717) is 5.56 Å². The Morgan fingerprint density at radius 3 is 2.71 bits per heavy atom. The molecule has 14 heavy (non-hydrogen) atoms. The molecular weight excluding hydrogens is 186 g/mol. The van der Waals surface area contributed by atoms with Crippen LogP contribution in [0.15, 0.2) is 18.2 Å². The summed E-state index contributed by atoms with van der Waals surface area (Å²) in [5.74, 6) is -0.407. The molecule has 0 aliphatic carbocycles. The van der Waals surface area contributed by atoms with Crippen LogP contribution in [0.25, 0.3) is 0 Å². The summed E-state index contributed by atoms with van der Waals surface area (Å²) in [4.78, 5) is 9.79. The van der Waals surface area contributed by atoms with E-state index in [-0.39, 0.29) is 12.2 Å². The number of nitrogens with two attached hydrogens (primary N) is 2. The molecule has 6 nitrogen and oxygen atoms in total. The third-order valence-corrected chi connectivity index (χ3v) is 1.90. The van der Waals surface area contributed by atoms with Crippen LogP contribution in [-0.2, 0) is 0 Å². The number of rotatable bonds is 3. The molecule has 0 fully saturated rings. The van der Waals surface area contributed by atoms with E-state index in [1.165, 1.54) is 18.2 Å². The van der Waals surface area contributed by atoms with Crippen molar-refractivity contribution in [1.82, 2.24) is 0 Å². The first-order valence-electron chi connectivity index (χ1n) is 3.99. The van der Waals surface area contributed by atoms with Gasteiger partial charge in [-0.05, 0) is 0 Å². The fourth-order valence-corrected chi connectivity index (χ4v) is 1.12. The summed E-state index contributed by atoms with van der Waals surface area (Å²) >= 11 is 0. The van der Waals surface area contributed by atoms with E-state index >= 15 is 0 Å². The minimum Gasteiger partial charge on any atom is -0.502 e. The van der Waals surface area contributed by atoms with Crippen LogP contribution in [0.1, 0.15) is 11.6 Å². The predicted octanol–water partition coefficient (Wildman–Crippen LogP) is 0.259. The van der Waals surface area contributed by atoms with Crippen molar-refractivity contribution in [3.63, 3.8) is 0 Å². The van der Waals surface area contributed by atoms with Gasteiger partial charge in [0, 0.05) is 24.2 Å². The van der Waals surface area contributed by atoms with Crippen LogP contribution in [0, 0.1) is 10.1 Å². The lowest BCUT2D eigenvalue weighted by molar-refractivity contribution is -0.385. The van der Waals surface area contributed by atoms with E-state index in [1.54, 1.807) is 0 Å². The maximum absolute atomic E-state index is 10.5. The lowest BCUT2D eigenvalue weighted by Crippen LogP contribution is -2.20. The van der Waals surface area contributed by atoms with Crippen LogP contribution >= 0.6 is 0 Å². The Labute approximate surface area is 80.3 Å². The van der Waals surface area contributed by atoms with E-state index in [9.17, 15) is 15.2 Å². The molecule has 1 aromatic rings. The van der Waals surface area contributed by atoms with Crippen molar-refractivity contribution in [3.05, 3.63) is 33.9 Å². The number of nitrogens with zero attached hydrogens (tertiary/aromatic N) is 1. The summed E-state index contributed by atoms with van der Waals surface area (Å²) in [5.41, 5.74) is 10.8. The summed E-state index contributed by atoms with van der Waals surface area (Å²) in [7, 11) is 0. The molecule has 0 unspecified atom stereocenters. The first-order chi connectivity index (χ1) is 6.57. The molecule has 5 N–H and O–H groups in total. The molecule has 0 saturated heterocycles. The minimum absolute atomic E-state index is 0.120. The third kappa shape index (κ3) is 1.81. The van der Waals surface area contributed by atoms with E-state index in [1.807, 2.05) is 0 Å². The number of para-hydroxylation sites is 1. The molecule has 1 aromatic carbocycles. The Bertz CT molecular complexity index is 354. The molecule has 0 aliphatic heterocycles. The van der Waals surface area contributed by atoms with Crippen LogP contribution in [0.4, 0.5) is 5.69 Å². The number of aromatic hydroxyl groups is 1. The quantitative estimate of drug-likeness (QED) is 0.474. The summed E-state index contributed by atoms with van der Waals surface area (Å²) in [6.45, 7) is 0.120. The topological polar surface area (TPSA) is 115 Å². The molecule has 1 atom stereocenters. The molecule has 76 valence electrons. The number of nitro benzene ring substituents is 1. The van der Waals surface area contributed by atoms with Gasteiger partial charge in [-0.25, -0.2) is 0 Å². The van der Waals surface area contributed by atoms with E-state index in [4.69, 9.17) is 11.5 Å². The van der Waals surface area contributed by atoms with Gasteiger partial charge >= 0.3 is 5.69 Å². The van der Waals surface area contributed by atoms with E-state index < -0.39 is 16.7 Å². The van der Waals surface area contributed by atoms with Crippen LogP contribution < -0.4 is 11.5 Å². The van der Waals surface area contributed by atoms with Gasteiger partial charge in [-0.3, -0.25) is 10.1 Å². The van der Waals surface area contributed by atoms with Gasteiger partial charge in [-0.2, -0.15) is 0 Å². The molecule has 0 radical (unpaired) electrons. The lowest BCUT2D eigenvalue weighted by Gasteiger charge is -2.10.